The number of benzene rings is 1. The first-order chi connectivity index (χ1) is 6.90. The average molecular weight is 191 g/mol. The fourth-order valence-electron chi connectivity index (χ4n) is 2.03. The quantitative estimate of drug-likeness (QED) is 0.787. The second kappa shape index (κ2) is 4.58. The molecule has 0 radical (unpaired) electrons. The van der Waals surface area contributed by atoms with Gasteiger partial charge in [-0.3, -0.25) is 0 Å². The summed E-state index contributed by atoms with van der Waals surface area (Å²) in [6.45, 7) is 1.62. The molecule has 2 atom stereocenters. The van der Waals surface area contributed by atoms with E-state index in [-0.39, 0.29) is 0 Å². The number of hydrogen-bond donors (Lipinski definition) is 1. The van der Waals surface area contributed by atoms with Crippen LogP contribution in [-0.4, -0.2) is 19.3 Å². The van der Waals surface area contributed by atoms with Crippen molar-refractivity contribution >= 4 is 0 Å². The van der Waals surface area contributed by atoms with Crippen molar-refractivity contribution in [3.8, 4) is 0 Å². The Balaban J connectivity index is 1.97. The number of hydrogen-bond acceptors (Lipinski definition) is 2. The molecule has 0 amide bonds. The van der Waals surface area contributed by atoms with Crippen molar-refractivity contribution in [1.82, 2.24) is 0 Å². The first-order valence-corrected chi connectivity index (χ1v) is 5.25. The van der Waals surface area contributed by atoms with Gasteiger partial charge in [-0.2, -0.15) is 0 Å². The van der Waals surface area contributed by atoms with Crippen LogP contribution in [0.4, 0.5) is 0 Å². The molecule has 1 saturated heterocycles. The molecule has 2 unspecified atom stereocenters. The van der Waals surface area contributed by atoms with E-state index in [1.165, 1.54) is 5.56 Å². The van der Waals surface area contributed by atoms with Crippen LogP contribution in [-0.2, 0) is 11.2 Å². The van der Waals surface area contributed by atoms with E-state index in [1.807, 2.05) is 6.07 Å². The fourth-order valence-corrected chi connectivity index (χ4v) is 2.03. The monoisotopic (exact) mass is 191 g/mol. The molecule has 1 fully saturated rings. The van der Waals surface area contributed by atoms with E-state index in [0.717, 1.165) is 26.0 Å². The molecular weight excluding hydrogens is 174 g/mol. The van der Waals surface area contributed by atoms with Crippen LogP contribution in [0, 0.1) is 5.92 Å². The largest absolute Gasteiger partial charge is 0.378 e. The molecule has 14 heavy (non-hydrogen) atoms. The summed E-state index contributed by atoms with van der Waals surface area (Å²) in [4.78, 5) is 0. The molecule has 76 valence electrons. The minimum atomic E-state index is 0.336. The van der Waals surface area contributed by atoms with Gasteiger partial charge in [-0.15, -0.1) is 0 Å². The number of nitrogens with two attached hydrogens (primary N) is 1. The van der Waals surface area contributed by atoms with Gasteiger partial charge < -0.3 is 10.5 Å². The van der Waals surface area contributed by atoms with Crippen LogP contribution >= 0.6 is 0 Å². The standard InChI is InChI=1S/C12H17NO/c13-9-11-6-7-14-12(11)8-10-4-2-1-3-5-10/h1-5,11-12H,6-9,13H2. The minimum absolute atomic E-state index is 0.336. The third-order valence-corrected chi connectivity index (χ3v) is 2.93. The SMILES string of the molecule is NCC1CCOC1Cc1ccccc1. The van der Waals surface area contributed by atoms with Gasteiger partial charge in [0.25, 0.3) is 0 Å². The van der Waals surface area contributed by atoms with Crippen molar-refractivity contribution in [2.75, 3.05) is 13.2 Å². The van der Waals surface area contributed by atoms with Gasteiger partial charge in [0.15, 0.2) is 0 Å². The van der Waals surface area contributed by atoms with E-state index in [2.05, 4.69) is 24.3 Å². The summed E-state index contributed by atoms with van der Waals surface area (Å²) in [5.41, 5.74) is 7.04. The maximum absolute atomic E-state index is 5.70. The van der Waals surface area contributed by atoms with Gasteiger partial charge in [0.2, 0.25) is 0 Å². The molecule has 2 nitrogen and oxygen atoms in total. The third-order valence-electron chi connectivity index (χ3n) is 2.93. The van der Waals surface area contributed by atoms with Gasteiger partial charge in [0.05, 0.1) is 6.10 Å². The van der Waals surface area contributed by atoms with E-state index in [1.54, 1.807) is 0 Å². The minimum Gasteiger partial charge on any atom is -0.378 e. The molecule has 2 N–H and O–H groups in total. The van der Waals surface area contributed by atoms with Gasteiger partial charge in [0, 0.05) is 6.61 Å². The van der Waals surface area contributed by atoms with Crippen molar-refractivity contribution < 1.29 is 4.74 Å². The van der Waals surface area contributed by atoms with Crippen LogP contribution in [0.3, 0.4) is 0 Å². The molecule has 2 rings (SSSR count). The van der Waals surface area contributed by atoms with Gasteiger partial charge in [-0.25, -0.2) is 0 Å². The lowest BCUT2D eigenvalue weighted by atomic mass is 9.96. The zero-order chi connectivity index (χ0) is 9.80. The summed E-state index contributed by atoms with van der Waals surface area (Å²) in [5.74, 6) is 0.551. The Morgan fingerprint density at radius 2 is 2.07 bits per heavy atom. The summed E-state index contributed by atoms with van der Waals surface area (Å²) in [6, 6.07) is 10.5. The Hall–Kier alpha value is -0.860. The van der Waals surface area contributed by atoms with Crippen molar-refractivity contribution in [3.05, 3.63) is 35.9 Å². The second-order valence-corrected chi connectivity index (χ2v) is 3.88. The maximum Gasteiger partial charge on any atom is 0.0656 e. The van der Waals surface area contributed by atoms with Gasteiger partial charge >= 0.3 is 0 Å². The Kier molecular flexibility index (Phi) is 3.17. The van der Waals surface area contributed by atoms with Gasteiger partial charge in [-0.05, 0) is 30.9 Å². The van der Waals surface area contributed by atoms with Crippen molar-refractivity contribution in [2.24, 2.45) is 11.7 Å². The molecule has 0 bridgehead atoms. The second-order valence-electron chi connectivity index (χ2n) is 3.88. The molecule has 0 aromatic heterocycles. The van der Waals surface area contributed by atoms with E-state index in [4.69, 9.17) is 10.5 Å². The molecule has 1 heterocycles. The number of rotatable bonds is 3. The topological polar surface area (TPSA) is 35.2 Å². The molecule has 0 saturated carbocycles. The Morgan fingerprint density at radius 3 is 2.79 bits per heavy atom. The highest BCUT2D eigenvalue weighted by molar-refractivity contribution is 5.16. The highest BCUT2D eigenvalue weighted by Crippen LogP contribution is 2.22. The lowest BCUT2D eigenvalue weighted by Gasteiger charge is -2.16. The van der Waals surface area contributed by atoms with Crippen LogP contribution < -0.4 is 5.73 Å². The predicted octanol–water partition coefficient (Wildman–Crippen LogP) is 1.59. The summed E-state index contributed by atoms with van der Waals surface area (Å²) < 4.78 is 5.68. The van der Waals surface area contributed by atoms with E-state index < -0.39 is 0 Å². The van der Waals surface area contributed by atoms with Crippen molar-refractivity contribution in [1.29, 1.82) is 0 Å². The molecule has 1 aromatic carbocycles. The van der Waals surface area contributed by atoms with Crippen molar-refractivity contribution in [2.45, 2.75) is 18.9 Å². The first-order valence-electron chi connectivity index (χ1n) is 5.25. The van der Waals surface area contributed by atoms with Crippen LogP contribution in [0.15, 0.2) is 30.3 Å². The van der Waals surface area contributed by atoms with Crippen LogP contribution in [0.5, 0.6) is 0 Å². The average Bonchev–Trinajstić information content (AvgIpc) is 2.67. The molecule has 1 aromatic rings. The Morgan fingerprint density at radius 1 is 1.29 bits per heavy atom. The highest BCUT2D eigenvalue weighted by Gasteiger charge is 2.26. The zero-order valence-electron chi connectivity index (χ0n) is 8.36. The molecule has 1 aliphatic rings. The maximum atomic E-state index is 5.70. The fraction of sp³-hybridized carbons (Fsp3) is 0.500. The van der Waals surface area contributed by atoms with Crippen LogP contribution in [0.2, 0.25) is 0 Å². The lowest BCUT2D eigenvalue weighted by molar-refractivity contribution is 0.0925. The zero-order valence-corrected chi connectivity index (χ0v) is 8.36. The summed E-state index contributed by atoms with van der Waals surface area (Å²) >= 11 is 0. The van der Waals surface area contributed by atoms with Gasteiger partial charge in [-0.1, -0.05) is 30.3 Å². The first kappa shape index (κ1) is 9.69. The van der Waals surface area contributed by atoms with Crippen LogP contribution in [0.25, 0.3) is 0 Å². The molecule has 0 aliphatic carbocycles. The van der Waals surface area contributed by atoms with Gasteiger partial charge in [0.1, 0.15) is 0 Å². The normalized spacial score (nSPS) is 26.6. The molecule has 2 heteroatoms. The summed E-state index contributed by atoms with van der Waals surface area (Å²) in [5, 5.41) is 0. The van der Waals surface area contributed by atoms with E-state index in [9.17, 15) is 0 Å². The summed E-state index contributed by atoms with van der Waals surface area (Å²) in [6.07, 6.45) is 2.46. The predicted molar refractivity (Wildman–Crippen MR) is 57.0 cm³/mol. The van der Waals surface area contributed by atoms with Crippen LogP contribution in [0.1, 0.15) is 12.0 Å². The van der Waals surface area contributed by atoms with Crippen molar-refractivity contribution in [3.63, 3.8) is 0 Å². The Labute approximate surface area is 85.1 Å². The summed E-state index contributed by atoms with van der Waals surface area (Å²) in [7, 11) is 0. The molecule has 0 spiro atoms. The third kappa shape index (κ3) is 2.14. The van der Waals surface area contributed by atoms with E-state index >= 15 is 0 Å². The molecule has 1 aliphatic heterocycles. The smallest absolute Gasteiger partial charge is 0.0656 e. The highest BCUT2D eigenvalue weighted by atomic mass is 16.5. The lowest BCUT2D eigenvalue weighted by Crippen LogP contribution is -2.25. The molecular formula is C12H17NO. The van der Waals surface area contributed by atoms with E-state index in [0.29, 0.717) is 12.0 Å². The Bertz CT molecular complexity index is 273. The number of ether oxygens (including phenoxy) is 1.